The number of likely N-dealkylation sites (tertiary alicyclic amines) is 1. The van der Waals surface area contributed by atoms with E-state index >= 15 is 0 Å². The standard InChI is InChI=1S/C25H27N5O4S/c1-16(17-6-4-3-5-7-17)26-21(31)18-12-14-30(15-13-18)25(33)24-29-28-23(35-24)22(32)27-19-8-10-20(34-2)11-9-19/h3-11,16,18H,12-15H2,1-2H3,(H,26,31)(H,27,32)/t16-/m1/s1. The molecule has 3 amide bonds. The van der Waals surface area contributed by atoms with Crippen LogP contribution < -0.4 is 15.4 Å². The van der Waals surface area contributed by atoms with Crippen LogP contribution in [0.1, 0.15) is 51.0 Å². The highest BCUT2D eigenvalue weighted by atomic mass is 32.1. The van der Waals surface area contributed by atoms with Gasteiger partial charge in [-0.15, -0.1) is 10.2 Å². The van der Waals surface area contributed by atoms with Gasteiger partial charge in [-0.3, -0.25) is 14.4 Å². The van der Waals surface area contributed by atoms with Crippen LogP contribution in [0.25, 0.3) is 0 Å². The van der Waals surface area contributed by atoms with E-state index in [9.17, 15) is 14.4 Å². The molecule has 2 aromatic carbocycles. The second kappa shape index (κ2) is 11.1. The Morgan fingerprint density at radius 3 is 2.31 bits per heavy atom. The lowest BCUT2D eigenvalue weighted by atomic mass is 9.95. The molecule has 0 aliphatic carbocycles. The Morgan fingerprint density at radius 1 is 1.00 bits per heavy atom. The highest BCUT2D eigenvalue weighted by Gasteiger charge is 2.30. The van der Waals surface area contributed by atoms with Gasteiger partial charge < -0.3 is 20.3 Å². The zero-order valence-corrected chi connectivity index (χ0v) is 20.4. The Hall–Kier alpha value is -3.79. The third-order valence-electron chi connectivity index (χ3n) is 5.96. The molecule has 1 aliphatic rings. The minimum absolute atomic E-state index is 0.00172. The second-order valence-corrected chi connectivity index (χ2v) is 9.28. The van der Waals surface area contributed by atoms with Crippen molar-refractivity contribution in [2.24, 2.45) is 5.92 Å². The number of hydrogen-bond acceptors (Lipinski definition) is 7. The first kappa shape index (κ1) is 24.3. The van der Waals surface area contributed by atoms with E-state index in [2.05, 4.69) is 20.8 Å². The molecule has 9 nitrogen and oxygen atoms in total. The largest absolute Gasteiger partial charge is 0.497 e. The van der Waals surface area contributed by atoms with Crippen LogP contribution in [0.5, 0.6) is 5.75 Å². The minimum Gasteiger partial charge on any atom is -0.497 e. The molecule has 0 spiro atoms. The van der Waals surface area contributed by atoms with Crippen molar-refractivity contribution < 1.29 is 19.1 Å². The lowest BCUT2D eigenvalue weighted by molar-refractivity contribution is -0.127. The van der Waals surface area contributed by atoms with Gasteiger partial charge in [-0.1, -0.05) is 41.7 Å². The third-order valence-corrected chi connectivity index (χ3v) is 6.87. The topological polar surface area (TPSA) is 114 Å². The van der Waals surface area contributed by atoms with Gasteiger partial charge in [-0.2, -0.15) is 0 Å². The summed E-state index contributed by atoms with van der Waals surface area (Å²) in [5, 5.41) is 13.9. The van der Waals surface area contributed by atoms with Crippen LogP contribution in [-0.2, 0) is 4.79 Å². The maximum absolute atomic E-state index is 12.9. The van der Waals surface area contributed by atoms with Crippen molar-refractivity contribution in [3.05, 3.63) is 70.2 Å². The fraction of sp³-hybridized carbons (Fsp3) is 0.320. The maximum Gasteiger partial charge on any atom is 0.286 e. The fourth-order valence-corrected chi connectivity index (χ4v) is 4.60. The Bertz CT molecular complexity index is 1170. The molecule has 1 saturated heterocycles. The molecule has 1 fully saturated rings. The number of anilines is 1. The van der Waals surface area contributed by atoms with Crippen LogP contribution in [-0.4, -0.2) is 53.0 Å². The number of nitrogens with zero attached hydrogens (tertiary/aromatic N) is 3. The van der Waals surface area contributed by atoms with Crippen LogP contribution in [0, 0.1) is 5.92 Å². The zero-order chi connectivity index (χ0) is 24.8. The van der Waals surface area contributed by atoms with Crippen LogP contribution in [0.2, 0.25) is 0 Å². The molecule has 1 aromatic heterocycles. The van der Waals surface area contributed by atoms with Gasteiger partial charge in [0.15, 0.2) is 0 Å². The van der Waals surface area contributed by atoms with E-state index in [1.165, 1.54) is 0 Å². The third kappa shape index (κ3) is 6.02. The number of benzene rings is 2. The van der Waals surface area contributed by atoms with Gasteiger partial charge >= 0.3 is 0 Å². The summed E-state index contributed by atoms with van der Waals surface area (Å²) in [6.07, 6.45) is 1.14. The molecule has 182 valence electrons. The number of nitrogens with one attached hydrogen (secondary N) is 2. The summed E-state index contributed by atoms with van der Waals surface area (Å²) in [6.45, 7) is 2.86. The van der Waals surface area contributed by atoms with Crippen LogP contribution in [0.3, 0.4) is 0 Å². The number of rotatable bonds is 7. The number of hydrogen-bond donors (Lipinski definition) is 2. The van der Waals surface area contributed by atoms with E-state index in [1.807, 2.05) is 37.3 Å². The molecule has 10 heteroatoms. The molecule has 0 bridgehead atoms. The minimum atomic E-state index is -0.436. The average Bonchev–Trinajstić information content (AvgIpc) is 3.40. The highest BCUT2D eigenvalue weighted by Crippen LogP contribution is 2.23. The van der Waals surface area contributed by atoms with Gasteiger partial charge in [0.2, 0.25) is 15.9 Å². The molecule has 35 heavy (non-hydrogen) atoms. The smallest absolute Gasteiger partial charge is 0.286 e. The van der Waals surface area contributed by atoms with Gasteiger partial charge in [-0.25, -0.2) is 0 Å². The van der Waals surface area contributed by atoms with E-state index in [4.69, 9.17) is 4.74 Å². The summed E-state index contributed by atoms with van der Waals surface area (Å²) in [5.41, 5.74) is 1.64. The number of ether oxygens (including phenoxy) is 1. The van der Waals surface area contributed by atoms with Crippen molar-refractivity contribution in [2.75, 3.05) is 25.5 Å². The molecule has 1 aliphatic heterocycles. The SMILES string of the molecule is COc1ccc(NC(=O)c2nnc(C(=O)N3CCC(C(=O)N[C@H](C)c4ccccc4)CC3)s2)cc1. The summed E-state index contributed by atoms with van der Waals surface area (Å²) >= 11 is 0.953. The zero-order valence-electron chi connectivity index (χ0n) is 19.6. The molecule has 0 radical (unpaired) electrons. The Balaban J connectivity index is 1.28. The Kier molecular flexibility index (Phi) is 7.71. The molecule has 2 N–H and O–H groups in total. The number of piperidine rings is 1. The van der Waals surface area contributed by atoms with Gasteiger partial charge in [0.05, 0.1) is 13.2 Å². The van der Waals surface area contributed by atoms with Crippen molar-refractivity contribution in [1.82, 2.24) is 20.4 Å². The van der Waals surface area contributed by atoms with E-state index in [0.717, 1.165) is 16.9 Å². The number of methoxy groups -OCH3 is 1. The lowest BCUT2D eigenvalue weighted by Crippen LogP contribution is -2.43. The fourth-order valence-electron chi connectivity index (χ4n) is 3.90. The molecule has 0 unspecified atom stereocenters. The maximum atomic E-state index is 12.9. The summed E-state index contributed by atoms with van der Waals surface area (Å²) in [6, 6.07) is 16.6. The first-order valence-corrected chi connectivity index (χ1v) is 12.2. The van der Waals surface area contributed by atoms with Crippen molar-refractivity contribution >= 4 is 34.7 Å². The highest BCUT2D eigenvalue weighted by molar-refractivity contribution is 7.15. The van der Waals surface area contributed by atoms with Crippen molar-refractivity contribution in [1.29, 1.82) is 0 Å². The lowest BCUT2D eigenvalue weighted by Gasteiger charge is -2.31. The molecule has 0 saturated carbocycles. The summed E-state index contributed by atoms with van der Waals surface area (Å²) < 4.78 is 5.10. The van der Waals surface area contributed by atoms with Gasteiger partial charge in [0.1, 0.15) is 5.75 Å². The quantitative estimate of drug-likeness (QED) is 0.521. The second-order valence-electron chi connectivity index (χ2n) is 8.30. The van der Waals surface area contributed by atoms with Gasteiger partial charge in [0, 0.05) is 24.7 Å². The normalized spacial score (nSPS) is 14.7. The Morgan fingerprint density at radius 2 is 1.66 bits per heavy atom. The van der Waals surface area contributed by atoms with Crippen molar-refractivity contribution in [2.45, 2.75) is 25.8 Å². The molecular weight excluding hydrogens is 466 g/mol. The number of amides is 3. The van der Waals surface area contributed by atoms with Crippen molar-refractivity contribution in [3.63, 3.8) is 0 Å². The van der Waals surface area contributed by atoms with Crippen LogP contribution in [0.4, 0.5) is 5.69 Å². The van der Waals surface area contributed by atoms with Gasteiger partial charge in [0.25, 0.3) is 11.8 Å². The number of aromatic nitrogens is 2. The predicted molar refractivity (Wildman–Crippen MR) is 132 cm³/mol. The monoisotopic (exact) mass is 493 g/mol. The predicted octanol–water partition coefficient (Wildman–Crippen LogP) is 3.53. The van der Waals surface area contributed by atoms with E-state index in [1.54, 1.807) is 36.3 Å². The Labute approximate surface area is 207 Å². The first-order valence-electron chi connectivity index (χ1n) is 11.4. The molecule has 4 rings (SSSR count). The summed E-state index contributed by atoms with van der Waals surface area (Å²) in [4.78, 5) is 39.7. The summed E-state index contributed by atoms with van der Waals surface area (Å²) in [5.74, 6) is -0.178. The molecular formula is C25H27N5O4S. The number of carbonyl (C=O) groups excluding carboxylic acids is 3. The van der Waals surface area contributed by atoms with Crippen LogP contribution in [0.15, 0.2) is 54.6 Å². The van der Waals surface area contributed by atoms with Gasteiger partial charge in [-0.05, 0) is 49.6 Å². The first-order chi connectivity index (χ1) is 16.9. The molecule has 3 aromatic rings. The van der Waals surface area contributed by atoms with E-state index in [0.29, 0.717) is 37.4 Å². The van der Waals surface area contributed by atoms with E-state index < -0.39 is 5.91 Å². The molecule has 2 heterocycles. The van der Waals surface area contributed by atoms with Crippen molar-refractivity contribution in [3.8, 4) is 5.75 Å². The van der Waals surface area contributed by atoms with Crippen LogP contribution >= 0.6 is 11.3 Å². The van der Waals surface area contributed by atoms with E-state index in [-0.39, 0.29) is 33.8 Å². The average molecular weight is 494 g/mol. The number of carbonyl (C=O) groups is 3. The molecule has 1 atom stereocenters. The summed E-state index contributed by atoms with van der Waals surface area (Å²) in [7, 11) is 1.57.